The first-order valence-electron chi connectivity index (χ1n) is 7.16. The quantitative estimate of drug-likeness (QED) is 0.636. The van der Waals surface area contributed by atoms with Crippen molar-refractivity contribution in [1.29, 1.82) is 0 Å². The number of anilines is 1. The molecule has 0 aromatic heterocycles. The molecule has 4 nitrogen and oxygen atoms in total. The minimum Gasteiger partial charge on any atom is -0.385 e. The summed E-state index contributed by atoms with van der Waals surface area (Å²) in [4.78, 5) is 10.4. The number of hydrogen-bond acceptors (Lipinski definition) is 3. The summed E-state index contributed by atoms with van der Waals surface area (Å²) in [6.45, 7) is 2.74. The molecule has 1 N–H and O–H groups in total. The third kappa shape index (κ3) is 3.94. The molecule has 1 saturated carbocycles. The zero-order valence-corrected chi connectivity index (χ0v) is 11.5. The van der Waals surface area contributed by atoms with Crippen LogP contribution in [0.25, 0.3) is 0 Å². The summed E-state index contributed by atoms with van der Waals surface area (Å²) >= 11 is 0. The highest BCUT2D eigenvalue weighted by Gasteiger charge is 2.13. The second-order valence-corrected chi connectivity index (χ2v) is 5.48. The van der Waals surface area contributed by atoms with Crippen molar-refractivity contribution < 1.29 is 4.92 Å². The maximum Gasteiger partial charge on any atom is 0.272 e. The molecule has 1 fully saturated rings. The fraction of sp³-hybridized carbons (Fsp3) is 0.600. The van der Waals surface area contributed by atoms with E-state index in [1.165, 1.54) is 38.5 Å². The van der Waals surface area contributed by atoms with E-state index < -0.39 is 0 Å². The highest BCUT2D eigenvalue weighted by molar-refractivity contribution is 5.53. The number of nitro benzene ring substituents is 1. The zero-order chi connectivity index (χ0) is 13.7. The number of hydrogen-bond donors (Lipinski definition) is 1. The predicted octanol–water partition coefficient (Wildman–Crippen LogP) is 4.29. The molecule has 0 saturated heterocycles. The average Bonchev–Trinajstić information content (AvgIpc) is 2.39. The molecule has 0 unspecified atom stereocenters. The van der Waals surface area contributed by atoms with Crippen molar-refractivity contribution in [2.24, 2.45) is 5.92 Å². The van der Waals surface area contributed by atoms with Gasteiger partial charge < -0.3 is 5.32 Å². The molecule has 19 heavy (non-hydrogen) atoms. The van der Waals surface area contributed by atoms with Gasteiger partial charge in [-0.3, -0.25) is 10.1 Å². The molecule has 4 heteroatoms. The normalized spacial score (nSPS) is 16.3. The minimum atomic E-state index is -0.332. The van der Waals surface area contributed by atoms with E-state index in [0.29, 0.717) is 5.56 Å². The molecule has 1 aliphatic rings. The van der Waals surface area contributed by atoms with Crippen LogP contribution in [0.5, 0.6) is 0 Å². The number of rotatable bonds is 5. The molecule has 104 valence electrons. The molecule has 2 rings (SSSR count). The summed E-state index contributed by atoms with van der Waals surface area (Å²) in [5, 5.41) is 14.1. The van der Waals surface area contributed by atoms with Crippen LogP contribution in [0.4, 0.5) is 11.4 Å². The molecule has 0 atom stereocenters. The van der Waals surface area contributed by atoms with Crippen molar-refractivity contribution >= 4 is 11.4 Å². The Hall–Kier alpha value is -1.58. The van der Waals surface area contributed by atoms with Gasteiger partial charge in [-0.1, -0.05) is 32.1 Å². The van der Waals surface area contributed by atoms with Crippen molar-refractivity contribution in [3.05, 3.63) is 33.9 Å². The van der Waals surface area contributed by atoms with E-state index in [0.717, 1.165) is 18.2 Å². The molecule has 1 aromatic carbocycles. The highest BCUT2D eigenvalue weighted by atomic mass is 16.6. The monoisotopic (exact) mass is 262 g/mol. The van der Waals surface area contributed by atoms with Gasteiger partial charge in [-0.15, -0.1) is 0 Å². The Morgan fingerprint density at radius 1 is 1.32 bits per heavy atom. The van der Waals surface area contributed by atoms with Crippen molar-refractivity contribution in [2.75, 3.05) is 11.9 Å². The summed E-state index contributed by atoms with van der Waals surface area (Å²) in [5.41, 5.74) is 1.89. The Labute approximate surface area is 114 Å². The van der Waals surface area contributed by atoms with E-state index in [9.17, 15) is 10.1 Å². The summed E-state index contributed by atoms with van der Waals surface area (Å²) in [6, 6.07) is 5.24. The van der Waals surface area contributed by atoms with Crippen molar-refractivity contribution in [3.8, 4) is 0 Å². The van der Waals surface area contributed by atoms with Gasteiger partial charge >= 0.3 is 0 Å². The van der Waals surface area contributed by atoms with E-state index in [1.54, 1.807) is 19.1 Å². The Balaban J connectivity index is 1.82. The first kappa shape index (κ1) is 13.8. The van der Waals surface area contributed by atoms with Crippen LogP contribution >= 0.6 is 0 Å². The maximum absolute atomic E-state index is 10.7. The van der Waals surface area contributed by atoms with Crippen LogP contribution in [0.1, 0.15) is 44.1 Å². The van der Waals surface area contributed by atoms with Gasteiger partial charge in [0.15, 0.2) is 0 Å². The van der Waals surface area contributed by atoms with E-state index in [2.05, 4.69) is 5.32 Å². The zero-order valence-electron chi connectivity index (χ0n) is 11.5. The fourth-order valence-corrected chi connectivity index (χ4v) is 2.87. The molecule has 0 radical (unpaired) electrons. The molecule has 0 spiro atoms. The van der Waals surface area contributed by atoms with Crippen LogP contribution in [-0.4, -0.2) is 11.5 Å². The maximum atomic E-state index is 10.7. The number of nitrogens with one attached hydrogen (secondary N) is 1. The third-order valence-electron chi connectivity index (χ3n) is 4.00. The molecule has 0 amide bonds. The summed E-state index contributed by atoms with van der Waals surface area (Å²) in [7, 11) is 0. The second-order valence-electron chi connectivity index (χ2n) is 5.48. The molecule has 1 aliphatic carbocycles. The lowest BCUT2D eigenvalue weighted by atomic mass is 9.87. The van der Waals surface area contributed by atoms with Gasteiger partial charge in [0.2, 0.25) is 0 Å². The van der Waals surface area contributed by atoms with E-state index in [4.69, 9.17) is 0 Å². The summed E-state index contributed by atoms with van der Waals surface area (Å²) in [5.74, 6) is 0.861. The number of nitrogens with zero attached hydrogens (tertiary/aromatic N) is 1. The van der Waals surface area contributed by atoms with Gasteiger partial charge in [0.1, 0.15) is 0 Å². The first-order valence-corrected chi connectivity index (χ1v) is 7.16. The summed E-state index contributed by atoms with van der Waals surface area (Å²) < 4.78 is 0. The van der Waals surface area contributed by atoms with Gasteiger partial charge in [0.25, 0.3) is 5.69 Å². The van der Waals surface area contributed by atoms with E-state index in [-0.39, 0.29) is 10.6 Å². The Morgan fingerprint density at radius 2 is 2.05 bits per heavy atom. The first-order chi connectivity index (χ1) is 9.16. The number of aryl methyl sites for hydroxylation is 1. The Kier molecular flexibility index (Phi) is 4.77. The lowest BCUT2D eigenvalue weighted by Gasteiger charge is -2.21. The topological polar surface area (TPSA) is 55.2 Å². The standard InChI is InChI=1S/C15H22N2O2/c1-12-11-14(7-8-15(12)17(18)19)16-10-9-13-5-3-2-4-6-13/h7-8,11,13,16H,2-6,9-10H2,1H3. The smallest absolute Gasteiger partial charge is 0.272 e. The Bertz CT molecular complexity index is 440. The van der Waals surface area contributed by atoms with Crippen LogP contribution in [-0.2, 0) is 0 Å². The minimum absolute atomic E-state index is 0.192. The van der Waals surface area contributed by atoms with Gasteiger partial charge in [0, 0.05) is 23.9 Å². The van der Waals surface area contributed by atoms with Gasteiger partial charge in [-0.05, 0) is 31.4 Å². The lowest BCUT2D eigenvalue weighted by Crippen LogP contribution is -2.12. The van der Waals surface area contributed by atoms with E-state index >= 15 is 0 Å². The third-order valence-corrected chi connectivity index (χ3v) is 4.00. The molecule has 0 bridgehead atoms. The average molecular weight is 262 g/mol. The molecular weight excluding hydrogens is 240 g/mol. The van der Waals surface area contributed by atoms with Gasteiger partial charge in [-0.25, -0.2) is 0 Å². The molecule has 1 aromatic rings. The summed E-state index contributed by atoms with van der Waals surface area (Å²) in [6.07, 6.45) is 8.08. The fourth-order valence-electron chi connectivity index (χ4n) is 2.87. The predicted molar refractivity (Wildman–Crippen MR) is 77.5 cm³/mol. The lowest BCUT2D eigenvalue weighted by molar-refractivity contribution is -0.385. The van der Waals surface area contributed by atoms with Crippen LogP contribution in [0.15, 0.2) is 18.2 Å². The SMILES string of the molecule is Cc1cc(NCCC2CCCCC2)ccc1[N+](=O)[O-]. The largest absolute Gasteiger partial charge is 0.385 e. The van der Waals surface area contributed by atoms with Crippen LogP contribution in [0.2, 0.25) is 0 Å². The van der Waals surface area contributed by atoms with Crippen molar-refractivity contribution in [3.63, 3.8) is 0 Å². The van der Waals surface area contributed by atoms with Crippen LogP contribution in [0.3, 0.4) is 0 Å². The van der Waals surface area contributed by atoms with Gasteiger partial charge in [0.05, 0.1) is 4.92 Å². The number of nitro groups is 1. The van der Waals surface area contributed by atoms with Crippen LogP contribution in [0, 0.1) is 23.0 Å². The Morgan fingerprint density at radius 3 is 2.68 bits per heavy atom. The number of benzene rings is 1. The molecule has 0 heterocycles. The van der Waals surface area contributed by atoms with Crippen LogP contribution < -0.4 is 5.32 Å². The molecular formula is C15H22N2O2. The van der Waals surface area contributed by atoms with Crippen molar-refractivity contribution in [1.82, 2.24) is 0 Å². The molecule has 0 aliphatic heterocycles. The van der Waals surface area contributed by atoms with Gasteiger partial charge in [-0.2, -0.15) is 0 Å². The van der Waals surface area contributed by atoms with E-state index in [1.807, 2.05) is 6.07 Å². The van der Waals surface area contributed by atoms with Crippen molar-refractivity contribution in [2.45, 2.75) is 45.4 Å². The highest BCUT2D eigenvalue weighted by Crippen LogP contribution is 2.26. The second kappa shape index (κ2) is 6.55.